The third-order valence-electron chi connectivity index (χ3n) is 1.41. The van der Waals surface area contributed by atoms with Crippen LogP contribution in [0.2, 0.25) is 0 Å². The van der Waals surface area contributed by atoms with E-state index in [2.05, 4.69) is 45.0 Å². The number of benzene rings is 1. The van der Waals surface area contributed by atoms with E-state index in [1.807, 2.05) is 25.1 Å². The van der Waals surface area contributed by atoms with E-state index in [0.717, 1.165) is 11.3 Å². The first-order valence-electron chi connectivity index (χ1n) is 3.08. The Bertz CT molecular complexity index is 316. The molecule has 1 aromatic carbocycles. The van der Waals surface area contributed by atoms with Gasteiger partial charge in [-0.2, -0.15) is 4.99 Å². The van der Waals surface area contributed by atoms with Crippen molar-refractivity contribution < 1.29 is 0 Å². The van der Waals surface area contributed by atoms with Gasteiger partial charge in [-0.05, 0) is 59.4 Å². The van der Waals surface area contributed by atoms with Gasteiger partial charge in [0.05, 0.1) is 10.8 Å². The third-order valence-corrected chi connectivity index (χ3v) is 2.67. The maximum absolute atomic E-state index is 4.52. The highest BCUT2D eigenvalue weighted by molar-refractivity contribution is 14.1. The lowest BCUT2D eigenvalue weighted by Crippen LogP contribution is -1.78. The summed E-state index contributed by atoms with van der Waals surface area (Å²) in [6.07, 6.45) is 0. The smallest absolute Gasteiger partial charge is 0.0779 e. The molecule has 0 aliphatic heterocycles. The maximum atomic E-state index is 4.52. The first-order valence-corrected chi connectivity index (χ1v) is 4.57. The highest BCUT2D eigenvalue weighted by Gasteiger charge is 1.97. The molecule has 56 valence electrons. The molecule has 11 heavy (non-hydrogen) atoms. The Kier molecular flexibility index (Phi) is 3.17. The van der Waals surface area contributed by atoms with Crippen LogP contribution in [-0.2, 0) is 0 Å². The van der Waals surface area contributed by atoms with Crippen LogP contribution in [-0.4, -0.2) is 5.16 Å². The first-order chi connectivity index (χ1) is 5.25. The van der Waals surface area contributed by atoms with Crippen molar-refractivity contribution in [1.29, 1.82) is 0 Å². The summed E-state index contributed by atoms with van der Waals surface area (Å²) < 4.78 is 1.20. The number of thiocarbonyl (C=S) groups is 1. The van der Waals surface area contributed by atoms with Crippen molar-refractivity contribution in [3.05, 3.63) is 27.3 Å². The molecule has 0 radical (unpaired) electrons. The Morgan fingerprint density at radius 1 is 1.55 bits per heavy atom. The molecule has 0 unspecified atom stereocenters. The van der Waals surface area contributed by atoms with Crippen molar-refractivity contribution >= 4 is 45.7 Å². The summed E-state index contributed by atoms with van der Waals surface area (Å²) in [5, 5.41) is 2.36. The number of halogens is 1. The van der Waals surface area contributed by atoms with Gasteiger partial charge in [-0.25, -0.2) is 0 Å². The fourth-order valence-electron chi connectivity index (χ4n) is 0.766. The third kappa shape index (κ3) is 2.09. The minimum Gasteiger partial charge on any atom is -0.194 e. The molecule has 0 saturated heterocycles. The van der Waals surface area contributed by atoms with Crippen LogP contribution in [0.15, 0.2) is 23.2 Å². The summed E-state index contributed by atoms with van der Waals surface area (Å²) in [6, 6.07) is 5.93. The van der Waals surface area contributed by atoms with E-state index in [1.54, 1.807) is 0 Å². The van der Waals surface area contributed by atoms with Gasteiger partial charge in [0.2, 0.25) is 0 Å². The number of rotatable bonds is 1. The van der Waals surface area contributed by atoms with Gasteiger partial charge >= 0.3 is 0 Å². The molecular formula is C8H6INS. The molecule has 0 spiro atoms. The zero-order valence-electron chi connectivity index (χ0n) is 5.97. The molecule has 0 N–H and O–H groups in total. The monoisotopic (exact) mass is 275 g/mol. The normalized spacial score (nSPS) is 8.91. The number of nitrogens with zero attached hydrogens (tertiary/aromatic N) is 1. The molecular weight excluding hydrogens is 269 g/mol. The molecule has 1 aromatic rings. The molecule has 0 fully saturated rings. The number of hydrogen-bond donors (Lipinski definition) is 0. The van der Waals surface area contributed by atoms with Crippen LogP contribution in [0.5, 0.6) is 0 Å². The van der Waals surface area contributed by atoms with Crippen molar-refractivity contribution in [3.63, 3.8) is 0 Å². The second kappa shape index (κ2) is 3.95. The second-order valence-corrected chi connectivity index (χ2v) is 3.43. The molecule has 0 aliphatic rings. The van der Waals surface area contributed by atoms with Crippen LogP contribution >= 0.6 is 34.8 Å². The van der Waals surface area contributed by atoms with Gasteiger partial charge in [0, 0.05) is 3.57 Å². The largest absolute Gasteiger partial charge is 0.194 e. The summed E-state index contributed by atoms with van der Waals surface area (Å²) >= 11 is 6.79. The fourth-order valence-corrected chi connectivity index (χ4v) is 1.35. The van der Waals surface area contributed by atoms with Gasteiger partial charge < -0.3 is 0 Å². The average molecular weight is 275 g/mol. The minimum absolute atomic E-state index is 0.909. The van der Waals surface area contributed by atoms with Crippen LogP contribution in [0, 0.1) is 10.5 Å². The SMILES string of the molecule is Cc1c(I)cccc1N=C=S. The Hall–Kier alpha value is -0.250. The topological polar surface area (TPSA) is 12.4 Å². The molecule has 0 atom stereocenters. The van der Waals surface area contributed by atoms with E-state index in [9.17, 15) is 0 Å². The van der Waals surface area contributed by atoms with Crippen molar-refractivity contribution in [2.24, 2.45) is 4.99 Å². The highest BCUT2D eigenvalue weighted by atomic mass is 127. The summed E-state index contributed by atoms with van der Waals surface area (Å²) in [6.45, 7) is 2.02. The summed E-state index contributed by atoms with van der Waals surface area (Å²) in [5.74, 6) is 0. The van der Waals surface area contributed by atoms with Crippen molar-refractivity contribution in [1.82, 2.24) is 0 Å². The van der Waals surface area contributed by atoms with E-state index >= 15 is 0 Å². The lowest BCUT2D eigenvalue weighted by Gasteiger charge is -1.98. The van der Waals surface area contributed by atoms with Gasteiger partial charge in [0.25, 0.3) is 0 Å². The molecule has 0 bridgehead atoms. The molecule has 0 amide bonds. The van der Waals surface area contributed by atoms with E-state index < -0.39 is 0 Å². The standard InChI is InChI=1S/C8H6INS/c1-6-7(9)3-2-4-8(6)10-5-11/h2-4H,1H3. The van der Waals surface area contributed by atoms with Gasteiger partial charge in [0.1, 0.15) is 0 Å². The number of hydrogen-bond acceptors (Lipinski definition) is 2. The first kappa shape index (κ1) is 8.84. The van der Waals surface area contributed by atoms with Crippen molar-refractivity contribution in [2.75, 3.05) is 0 Å². The van der Waals surface area contributed by atoms with Gasteiger partial charge in [0.15, 0.2) is 0 Å². The van der Waals surface area contributed by atoms with E-state index in [1.165, 1.54) is 3.57 Å². The predicted molar refractivity (Wildman–Crippen MR) is 58.6 cm³/mol. The molecule has 0 saturated carbocycles. The molecule has 1 nitrogen and oxygen atoms in total. The van der Waals surface area contributed by atoms with Crippen LogP contribution < -0.4 is 0 Å². The Morgan fingerprint density at radius 3 is 2.91 bits per heavy atom. The highest BCUT2D eigenvalue weighted by Crippen LogP contribution is 2.22. The quantitative estimate of drug-likeness (QED) is 0.435. The Labute approximate surface area is 84.7 Å². The zero-order chi connectivity index (χ0) is 8.27. The Balaban J connectivity index is 3.26. The van der Waals surface area contributed by atoms with Crippen LogP contribution in [0.4, 0.5) is 5.69 Å². The maximum Gasteiger partial charge on any atom is 0.0779 e. The fraction of sp³-hybridized carbons (Fsp3) is 0.125. The molecule has 0 aliphatic carbocycles. The zero-order valence-corrected chi connectivity index (χ0v) is 8.94. The molecule has 0 aromatic heterocycles. The lowest BCUT2D eigenvalue weighted by molar-refractivity contribution is 1.38. The Morgan fingerprint density at radius 2 is 2.27 bits per heavy atom. The summed E-state index contributed by atoms with van der Waals surface area (Å²) in [4.78, 5) is 3.93. The summed E-state index contributed by atoms with van der Waals surface area (Å²) in [5.41, 5.74) is 2.07. The van der Waals surface area contributed by atoms with Gasteiger partial charge in [-0.15, -0.1) is 0 Å². The van der Waals surface area contributed by atoms with Crippen LogP contribution in [0.1, 0.15) is 5.56 Å². The average Bonchev–Trinajstić information content (AvgIpc) is 1.99. The van der Waals surface area contributed by atoms with Crippen molar-refractivity contribution in [2.45, 2.75) is 6.92 Å². The predicted octanol–water partition coefficient (Wildman–Crippen LogP) is 3.33. The summed E-state index contributed by atoms with van der Waals surface area (Å²) in [7, 11) is 0. The van der Waals surface area contributed by atoms with E-state index in [4.69, 9.17) is 0 Å². The van der Waals surface area contributed by atoms with Gasteiger partial charge in [-0.1, -0.05) is 6.07 Å². The number of aliphatic imine (C=N–C) groups is 1. The second-order valence-electron chi connectivity index (χ2n) is 2.09. The van der Waals surface area contributed by atoms with Crippen molar-refractivity contribution in [3.8, 4) is 0 Å². The minimum atomic E-state index is 0.909. The van der Waals surface area contributed by atoms with Gasteiger partial charge in [-0.3, -0.25) is 0 Å². The molecule has 1 rings (SSSR count). The van der Waals surface area contributed by atoms with Crippen LogP contribution in [0.3, 0.4) is 0 Å². The van der Waals surface area contributed by atoms with Crippen LogP contribution in [0.25, 0.3) is 0 Å². The van der Waals surface area contributed by atoms with E-state index in [-0.39, 0.29) is 0 Å². The molecule has 3 heteroatoms. The molecule has 0 heterocycles. The van der Waals surface area contributed by atoms with E-state index in [0.29, 0.717) is 0 Å². The number of isothiocyanates is 1. The lowest BCUT2D eigenvalue weighted by atomic mass is 10.2.